The van der Waals surface area contributed by atoms with E-state index in [1.165, 1.54) is 12.5 Å². The molecule has 11 heavy (non-hydrogen) atoms. The fraction of sp³-hybridized carbons (Fsp3) is 0. The van der Waals surface area contributed by atoms with E-state index in [1.807, 2.05) is 0 Å². The summed E-state index contributed by atoms with van der Waals surface area (Å²) in [6.07, 6.45) is 2.84. The van der Waals surface area contributed by atoms with Crippen molar-refractivity contribution in [1.29, 1.82) is 0 Å². The highest BCUT2D eigenvalue weighted by molar-refractivity contribution is 5.86. The third-order valence-corrected chi connectivity index (χ3v) is 0.833. The predicted molar refractivity (Wildman–Crippen MR) is 42.5 cm³/mol. The van der Waals surface area contributed by atoms with Gasteiger partial charge in [0, 0.05) is 6.20 Å². The molecule has 0 spiro atoms. The Kier molecular flexibility index (Phi) is 3.90. The summed E-state index contributed by atoms with van der Waals surface area (Å²) >= 11 is 0. The summed E-state index contributed by atoms with van der Waals surface area (Å²) in [6, 6.07) is 0.920. The average molecular weight is 175 g/mol. The maximum atomic E-state index is 10.2. The van der Waals surface area contributed by atoms with Gasteiger partial charge in [-0.3, -0.25) is 5.32 Å². The number of nitrogens with zero attached hydrogens (tertiary/aromatic N) is 2. The molecule has 0 atom stereocenters. The van der Waals surface area contributed by atoms with Crippen molar-refractivity contribution in [2.45, 2.75) is 0 Å². The normalized spacial score (nSPS) is 8.00. The minimum Gasteiger partial charge on any atom is -0.351 e. The fourth-order valence-electron chi connectivity index (χ4n) is 0.491. The second-order valence-electron chi connectivity index (χ2n) is 1.58. The molecule has 0 aliphatic heterocycles. The number of nitrogens with one attached hydrogen (secondary N) is 1. The van der Waals surface area contributed by atoms with E-state index >= 15 is 0 Å². The van der Waals surface area contributed by atoms with Crippen molar-refractivity contribution in [1.82, 2.24) is 9.97 Å². The Labute approximate surface area is 69.4 Å². The van der Waals surface area contributed by atoms with E-state index in [9.17, 15) is 4.79 Å². The van der Waals surface area contributed by atoms with Gasteiger partial charge >= 0.3 is 6.03 Å². The van der Waals surface area contributed by atoms with Crippen LogP contribution in [0.3, 0.4) is 0 Å². The third-order valence-electron chi connectivity index (χ3n) is 0.833. The van der Waals surface area contributed by atoms with Crippen molar-refractivity contribution in [3.8, 4) is 0 Å². The van der Waals surface area contributed by atoms with E-state index < -0.39 is 6.03 Å². The Bertz CT molecular complexity index is 227. The molecule has 0 aliphatic carbocycles. The first-order valence-electron chi connectivity index (χ1n) is 2.61. The second-order valence-corrected chi connectivity index (χ2v) is 1.58. The van der Waals surface area contributed by atoms with Gasteiger partial charge in [-0.2, -0.15) is 0 Å². The summed E-state index contributed by atoms with van der Waals surface area (Å²) in [7, 11) is 0. The standard InChI is InChI=1S/C5H6N4O.ClH/c6-5(10)9-4-1-2-7-3-8-4;/h1-3H,(H3,6,7,8,9,10);1H. The van der Waals surface area contributed by atoms with Gasteiger partial charge in [0.1, 0.15) is 12.1 Å². The molecule has 0 saturated heterocycles. The lowest BCUT2D eigenvalue weighted by Crippen LogP contribution is -2.19. The van der Waals surface area contributed by atoms with Crippen LogP contribution in [0.15, 0.2) is 18.6 Å². The molecular weight excluding hydrogens is 168 g/mol. The molecule has 0 fully saturated rings. The molecule has 1 aromatic heterocycles. The number of hydrogen-bond donors (Lipinski definition) is 2. The highest BCUT2D eigenvalue weighted by Gasteiger charge is 1.92. The summed E-state index contributed by atoms with van der Waals surface area (Å²) in [4.78, 5) is 17.6. The van der Waals surface area contributed by atoms with Crippen molar-refractivity contribution < 1.29 is 4.79 Å². The number of halogens is 1. The summed E-state index contributed by atoms with van der Waals surface area (Å²) in [5, 5.41) is 2.29. The monoisotopic (exact) mass is 174 g/mol. The highest BCUT2D eigenvalue weighted by atomic mass is 35.5. The zero-order chi connectivity index (χ0) is 7.40. The van der Waals surface area contributed by atoms with Crippen LogP contribution >= 0.6 is 12.4 Å². The van der Waals surface area contributed by atoms with E-state index in [0.29, 0.717) is 5.82 Å². The van der Waals surface area contributed by atoms with Gasteiger partial charge in [0.25, 0.3) is 0 Å². The molecule has 0 aliphatic rings. The molecule has 3 N–H and O–H groups in total. The predicted octanol–water partition coefficient (Wildman–Crippen LogP) is 0.389. The molecule has 6 heteroatoms. The van der Waals surface area contributed by atoms with Crippen LogP contribution in [0, 0.1) is 0 Å². The van der Waals surface area contributed by atoms with Gasteiger partial charge in [-0.05, 0) is 6.07 Å². The molecule has 0 saturated carbocycles. The van der Waals surface area contributed by atoms with Crippen LogP contribution in [0.25, 0.3) is 0 Å². The maximum absolute atomic E-state index is 10.2. The molecule has 5 nitrogen and oxygen atoms in total. The molecule has 1 rings (SSSR count). The lowest BCUT2D eigenvalue weighted by atomic mass is 10.6. The van der Waals surface area contributed by atoms with Crippen LogP contribution in [-0.4, -0.2) is 16.0 Å². The number of primary amides is 1. The number of urea groups is 1. The van der Waals surface area contributed by atoms with Crippen LogP contribution in [0.4, 0.5) is 10.6 Å². The quantitative estimate of drug-likeness (QED) is 0.646. The minimum absolute atomic E-state index is 0. The summed E-state index contributed by atoms with van der Waals surface area (Å²) in [5.74, 6) is 0.405. The molecule has 1 heterocycles. The van der Waals surface area contributed by atoms with Gasteiger partial charge in [0.05, 0.1) is 0 Å². The lowest BCUT2D eigenvalue weighted by molar-refractivity contribution is 0.259. The summed E-state index contributed by atoms with van der Waals surface area (Å²) < 4.78 is 0. The van der Waals surface area contributed by atoms with Crippen molar-refractivity contribution in [3.63, 3.8) is 0 Å². The Hall–Kier alpha value is -1.36. The van der Waals surface area contributed by atoms with E-state index in [2.05, 4.69) is 15.3 Å². The zero-order valence-corrected chi connectivity index (χ0v) is 6.34. The van der Waals surface area contributed by atoms with Gasteiger partial charge in [-0.15, -0.1) is 12.4 Å². The van der Waals surface area contributed by atoms with Crippen LogP contribution in [0.2, 0.25) is 0 Å². The van der Waals surface area contributed by atoms with Gasteiger partial charge in [-0.1, -0.05) is 0 Å². The number of aromatic nitrogens is 2. The van der Waals surface area contributed by atoms with Crippen LogP contribution in [0.5, 0.6) is 0 Å². The summed E-state index contributed by atoms with van der Waals surface area (Å²) in [6.45, 7) is 0. The Morgan fingerprint density at radius 2 is 2.36 bits per heavy atom. The number of nitrogens with two attached hydrogens (primary N) is 1. The summed E-state index contributed by atoms with van der Waals surface area (Å²) in [5.41, 5.74) is 4.81. The molecule has 0 unspecified atom stereocenters. The Morgan fingerprint density at radius 3 is 2.82 bits per heavy atom. The molecule has 0 aromatic carbocycles. The molecule has 0 bridgehead atoms. The van der Waals surface area contributed by atoms with Gasteiger partial charge in [-0.25, -0.2) is 14.8 Å². The minimum atomic E-state index is -0.626. The van der Waals surface area contributed by atoms with Gasteiger partial charge < -0.3 is 5.73 Å². The SMILES string of the molecule is Cl.NC(=O)Nc1ccncn1. The first-order chi connectivity index (χ1) is 4.79. The smallest absolute Gasteiger partial charge is 0.317 e. The first-order valence-corrected chi connectivity index (χ1v) is 2.61. The third kappa shape index (κ3) is 3.36. The van der Waals surface area contributed by atoms with E-state index in [4.69, 9.17) is 5.73 Å². The lowest BCUT2D eigenvalue weighted by Gasteiger charge is -1.96. The maximum Gasteiger partial charge on any atom is 0.317 e. The largest absolute Gasteiger partial charge is 0.351 e. The number of amides is 2. The van der Waals surface area contributed by atoms with Crippen LogP contribution in [-0.2, 0) is 0 Å². The zero-order valence-electron chi connectivity index (χ0n) is 5.52. The van der Waals surface area contributed by atoms with E-state index in [1.54, 1.807) is 6.07 Å². The van der Waals surface area contributed by atoms with E-state index in [0.717, 1.165) is 0 Å². The fourth-order valence-corrected chi connectivity index (χ4v) is 0.491. The van der Waals surface area contributed by atoms with Crippen molar-refractivity contribution in [2.75, 3.05) is 5.32 Å². The number of hydrogen-bond acceptors (Lipinski definition) is 3. The van der Waals surface area contributed by atoms with Crippen molar-refractivity contribution >= 4 is 24.3 Å². The Morgan fingerprint density at radius 1 is 1.64 bits per heavy atom. The van der Waals surface area contributed by atoms with Crippen LogP contribution in [0.1, 0.15) is 0 Å². The average Bonchev–Trinajstić information content (AvgIpc) is 1.88. The molecule has 2 amide bonds. The number of carbonyl (C=O) groups excluding carboxylic acids is 1. The topological polar surface area (TPSA) is 80.9 Å². The highest BCUT2D eigenvalue weighted by Crippen LogP contribution is 1.95. The molecule has 1 aromatic rings. The van der Waals surface area contributed by atoms with Gasteiger partial charge in [0.15, 0.2) is 0 Å². The molecule has 0 radical (unpaired) electrons. The second kappa shape index (κ2) is 4.45. The Balaban J connectivity index is 0.000001000. The molecule has 60 valence electrons. The van der Waals surface area contributed by atoms with Gasteiger partial charge in [0.2, 0.25) is 0 Å². The van der Waals surface area contributed by atoms with Crippen LogP contribution < -0.4 is 11.1 Å². The number of anilines is 1. The van der Waals surface area contributed by atoms with E-state index in [-0.39, 0.29) is 12.4 Å². The molecular formula is C5H7ClN4O. The number of carbonyl (C=O) groups is 1. The first kappa shape index (κ1) is 9.64. The number of rotatable bonds is 1. The van der Waals surface area contributed by atoms with Crippen molar-refractivity contribution in [3.05, 3.63) is 18.6 Å². The van der Waals surface area contributed by atoms with Crippen molar-refractivity contribution in [2.24, 2.45) is 5.73 Å².